The van der Waals surface area contributed by atoms with E-state index in [4.69, 9.17) is 5.41 Å². The Morgan fingerprint density at radius 2 is 2.23 bits per heavy atom. The number of aromatic hydroxyl groups is 1. The van der Waals surface area contributed by atoms with Crippen molar-refractivity contribution in [2.24, 2.45) is 0 Å². The second-order valence-electron chi connectivity index (χ2n) is 2.58. The third-order valence-corrected chi connectivity index (χ3v) is 1.59. The lowest BCUT2D eigenvalue weighted by molar-refractivity contribution is -0.384. The van der Waals surface area contributed by atoms with Gasteiger partial charge in [0.15, 0.2) is 0 Å². The van der Waals surface area contributed by atoms with Gasteiger partial charge in [0.05, 0.1) is 4.92 Å². The molecule has 1 aromatic carbocycles. The number of rotatable bonds is 2. The number of hydrogen-bond acceptors (Lipinski definition) is 4. The third kappa shape index (κ3) is 1.81. The molecule has 0 aliphatic rings. The van der Waals surface area contributed by atoms with Crippen LogP contribution >= 0.6 is 0 Å². The number of phenolic OH excluding ortho intramolecular Hbond substituents is 1. The molecule has 2 N–H and O–H groups in total. The quantitative estimate of drug-likeness (QED) is 0.412. The summed E-state index contributed by atoms with van der Waals surface area (Å²) in [5.41, 5.74) is 0.162. The van der Waals surface area contributed by atoms with Crippen LogP contribution in [-0.4, -0.2) is 15.7 Å². The zero-order valence-corrected chi connectivity index (χ0v) is 6.94. The van der Waals surface area contributed by atoms with Gasteiger partial charge in [0.1, 0.15) is 5.75 Å². The topological polar surface area (TPSA) is 87.2 Å². The molecule has 0 atom stereocenters. The van der Waals surface area contributed by atoms with Gasteiger partial charge in [0.2, 0.25) is 0 Å². The summed E-state index contributed by atoms with van der Waals surface area (Å²) < 4.78 is 0. The maximum Gasteiger partial charge on any atom is 0.270 e. The molecule has 0 saturated carbocycles. The van der Waals surface area contributed by atoms with E-state index in [1.54, 1.807) is 0 Å². The lowest BCUT2D eigenvalue weighted by Gasteiger charge is -2.00. The van der Waals surface area contributed by atoms with Crippen LogP contribution in [0.15, 0.2) is 18.2 Å². The molecule has 0 heterocycles. The van der Waals surface area contributed by atoms with Gasteiger partial charge in [0.25, 0.3) is 5.69 Å². The molecule has 1 aromatic rings. The van der Waals surface area contributed by atoms with Gasteiger partial charge in [0, 0.05) is 23.4 Å². The molecular formula is C8H8N2O3. The van der Waals surface area contributed by atoms with Crippen molar-refractivity contribution in [2.45, 2.75) is 6.92 Å². The summed E-state index contributed by atoms with van der Waals surface area (Å²) in [6, 6.07) is 3.59. The first kappa shape index (κ1) is 9.18. The standard InChI is InChI=1S/C8H8N2O3/c1-5(9)7-4-6(10(12)13)2-3-8(7)11/h2-4,9,11H,1H3. The van der Waals surface area contributed by atoms with Crippen molar-refractivity contribution in [1.29, 1.82) is 5.41 Å². The molecule has 5 nitrogen and oxygen atoms in total. The van der Waals surface area contributed by atoms with E-state index in [1.807, 2.05) is 0 Å². The Kier molecular flexibility index (Phi) is 2.27. The molecule has 1 rings (SSSR count). The molecular weight excluding hydrogens is 172 g/mol. The van der Waals surface area contributed by atoms with Crippen LogP contribution in [0, 0.1) is 15.5 Å². The van der Waals surface area contributed by atoms with Gasteiger partial charge in [-0.3, -0.25) is 10.1 Å². The molecule has 13 heavy (non-hydrogen) atoms. The highest BCUT2D eigenvalue weighted by molar-refractivity contribution is 5.99. The number of nitro groups is 1. The maximum atomic E-state index is 10.3. The molecule has 5 heteroatoms. The van der Waals surface area contributed by atoms with Crippen LogP contribution in [0.3, 0.4) is 0 Å². The highest BCUT2D eigenvalue weighted by Crippen LogP contribution is 2.22. The largest absolute Gasteiger partial charge is 0.507 e. The maximum absolute atomic E-state index is 10.3. The number of nitro benzene ring substituents is 1. The van der Waals surface area contributed by atoms with Crippen LogP contribution in [0.1, 0.15) is 12.5 Å². The van der Waals surface area contributed by atoms with Gasteiger partial charge in [-0.05, 0) is 13.0 Å². The minimum absolute atomic E-state index is 0.0983. The van der Waals surface area contributed by atoms with E-state index in [2.05, 4.69) is 0 Å². The average Bonchev–Trinajstić information content (AvgIpc) is 2.04. The molecule has 0 aliphatic heterocycles. The zero-order valence-electron chi connectivity index (χ0n) is 6.94. The predicted molar refractivity (Wildman–Crippen MR) is 47.3 cm³/mol. The Hall–Kier alpha value is -1.91. The number of benzene rings is 1. The lowest BCUT2D eigenvalue weighted by Crippen LogP contribution is -1.95. The zero-order chi connectivity index (χ0) is 10.0. The summed E-state index contributed by atoms with van der Waals surface area (Å²) in [5, 5.41) is 26.8. The highest BCUT2D eigenvalue weighted by atomic mass is 16.6. The van der Waals surface area contributed by atoms with Gasteiger partial charge >= 0.3 is 0 Å². The van der Waals surface area contributed by atoms with E-state index < -0.39 is 4.92 Å². The first-order valence-electron chi connectivity index (χ1n) is 3.55. The average molecular weight is 180 g/mol. The molecule has 0 unspecified atom stereocenters. The summed E-state index contributed by atoms with van der Waals surface area (Å²) in [5.74, 6) is -0.113. The van der Waals surface area contributed by atoms with Gasteiger partial charge < -0.3 is 10.5 Å². The second-order valence-corrected chi connectivity index (χ2v) is 2.58. The molecule has 0 aromatic heterocycles. The summed E-state index contributed by atoms with van der Waals surface area (Å²) in [6.07, 6.45) is 0. The van der Waals surface area contributed by atoms with Crippen molar-refractivity contribution in [3.8, 4) is 5.75 Å². The molecule has 0 spiro atoms. The minimum Gasteiger partial charge on any atom is -0.507 e. The Morgan fingerprint density at radius 3 is 2.69 bits per heavy atom. The van der Waals surface area contributed by atoms with E-state index in [0.29, 0.717) is 0 Å². The Morgan fingerprint density at radius 1 is 1.62 bits per heavy atom. The molecule has 0 radical (unpaired) electrons. The fourth-order valence-corrected chi connectivity index (χ4v) is 0.938. The molecule has 0 amide bonds. The van der Waals surface area contributed by atoms with E-state index in [9.17, 15) is 15.2 Å². The summed E-state index contributed by atoms with van der Waals surface area (Å²) in [7, 11) is 0. The van der Waals surface area contributed by atoms with Crippen LogP contribution in [0.4, 0.5) is 5.69 Å². The number of phenols is 1. The number of hydrogen-bond donors (Lipinski definition) is 2. The van der Waals surface area contributed by atoms with Gasteiger partial charge in [-0.2, -0.15) is 0 Å². The predicted octanol–water partition coefficient (Wildman–Crippen LogP) is 1.69. The van der Waals surface area contributed by atoms with Gasteiger partial charge in [-0.25, -0.2) is 0 Å². The van der Waals surface area contributed by atoms with Crippen LogP contribution in [-0.2, 0) is 0 Å². The fraction of sp³-hybridized carbons (Fsp3) is 0.125. The number of non-ortho nitro benzene ring substituents is 1. The molecule has 0 aliphatic carbocycles. The molecule has 0 saturated heterocycles. The Bertz CT molecular complexity index is 374. The summed E-state index contributed by atoms with van der Waals surface area (Å²) >= 11 is 0. The first-order valence-corrected chi connectivity index (χ1v) is 3.55. The van der Waals surface area contributed by atoms with Crippen molar-refractivity contribution < 1.29 is 10.0 Å². The SMILES string of the molecule is CC(=N)c1cc([N+](=O)[O-])ccc1O. The first-order chi connectivity index (χ1) is 6.02. The van der Waals surface area contributed by atoms with E-state index in [-0.39, 0.29) is 22.7 Å². The Balaban J connectivity index is 3.27. The molecule has 68 valence electrons. The van der Waals surface area contributed by atoms with E-state index in [1.165, 1.54) is 25.1 Å². The third-order valence-electron chi connectivity index (χ3n) is 1.59. The van der Waals surface area contributed by atoms with E-state index in [0.717, 1.165) is 0 Å². The fourth-order valence-electron chi connectivity index (χ4n) is 0.938. The van der Waals surface area contributed by atoms with Crippen LogP contribution in [0.2, 0.25) is 0 Å². The van der Waals surface area contributed by atoms with Gasteiger partial charge in [-0.15, -0.1) is 0 Å². The molecule has 0 fully saturated rings. The number of nitrogens with one attached hydrogen (secondary N) is 1. The lowest BCUT2D eigenvalue weighted by atomic mass is 10.1. The van der Waals surface area contributed by atoms with Crippen molar-refractivity contribution >= 4 is 11.4 Å². The second kappa shape index (κ2) is 3.22. The van der Waals surface area contributed by atoms with Crippen LogP contribution < -0.4 is 0 Å². The smallest absolute Gasteiger partial charge is 0.270 e. The van der Waals surface area contributed by atoms with Crippen molar-refractivity contribution in [1.82, 2.24) is 0 Å². The molecule has 0 bridgehead atoms. The van der Waals surface area contributed by atoms with E-state index >= 15 is 0 Å². The summed E-state index contributed by atoms with van der Waals surface area (Å²) in [4.78, 5) is 9.78. The number of nitrogens with zero attached hydrogens (tertiary/aromatic N) is 1. The van der Waals surface area contributed by atoms with Gasteiger partial charge in [-0.1, -0.05) is 0 Å². The monoisotopic (exact) mass is 180 g/mol. The minimum atomic E-state index is -0.564. The van der Waals surface area contributed by atoms with Crippen LogP contribution in [0.25, 0.3) is 0 Å². The van der Waals surface area contributed by atoms with Crippen molar-refractivity contribution in [2.75, 3.05) is 0 Å². The highest BCUT2D eigenvalue weighted by Gasteiger charge is 2.10. The summed E-state index contributed by atoms with van der Waals surface area (Å²) in [6.45, 7) is 1.46. The Labute approximate surface area is 74.3 Å². The van der Waals surface area contributed by atoms with Crippen LogP contribution in [0.5, 0.6) is 5.75 Å². The normalized spacial score (nSPS) is 9.62. The van der Waals surface area contributed by atoms with Crippen molar-refractivity contribution in [3.05, 3.63) is 33.9 Å². The van der Waals surface area contributed by atoms with Crippen molar-refractivity contribution in [3.63, 3.8) is 0 Å².